The Morgan fingerprint density at radius 3 is 2.65 bits per heavy atom. The van der Waals surface area contributed by atoms with Crippen LogP contribution in [-0.4, -0.2) is 21.0 Å². The van der Waals surface area contributed by atoms with E-state index in [1.54, 1.807) is 0 Å². The van der Waals surface area contributed by atoms with Crippen LogP contribution in [0.4, 0.5) is 14.6 Å². The van der Waals surface area contributed by atoms with Crippen molar-refractivity contribution in [2.24, 2.45) is 0 Å². The van der Waals surface area contributed by atoms with Crippen LogP contribution in [0.25, 0.3) is 0 Å². The number of aromatic nitrogens is 1. The van der Waals surface area contributed by atoms with E-state index in [1.165, 1.54) is 6.92 Å². The van der Waals surface area contributed by atoms with Crippen LogP contribution in [0.1, 0.15) is 23.1 Å². The van der Waals surface area contributed by atoms with Gasteiger partial charge in [-0.1, -0.05) is 0 Å². The van der Waals surface area contributed by atoms with Crippen molar-refractivity contribution in [3.63, 3.8) is 0 Å². The van der Waals surface area contributed by atoms with Crippen LogP contribution >= 0.6 is 0 Å². The van der Waals surface area contributed by atoms with Gasteiger partial charge in [-0.3, -0.25) is 4.79 Å². The average molecular weight is 246 g/mol. The Hall–Kier alpha value is -2.12. The predicted octanol–water partition coefficient (Wildman–Crippen LogP) is 1.86. The minimum Gasteiger partial charge on any atom is -0.481 e. The van der Waals surface area contributed by atoms with E-state index in [0.717, 1.165) is 6.20 Å². The van der Waals surface area contributed by atoms with Crippen molar-refractivity contribution in [2.75, 3.05) is 0 Å². The number of carboxylic acids is 1. The number of nitrogens with zero attached hydrogens (tertiary/aromatic N) is 2. The second-order valence-corrected chi connectivity index (χ2v) is 3.29. The Kier molecular flexibility index (Phi) is 3.66. The molecule has 0 radical (unpaired) electrons. The van der Waals surface area contributed by atoms with Crippen molar-refractivity contribution in [3.8, 4) is 0 Å². The third-order valence-electron chi connectivity index (χ3n) is 2.14. The van der Waals surface area contributed by atoms with E-state index in [4.69, 9.17) is 5.11 Å². The Morgan fingerprint density at radius 1 is 1.65 bits per heavy atom. The van der Waals surface area contributed by atoms with Crippen LogP contribution in [0, 0.1) is 17.0 Å². The summed E-state index contributed by atoms with van der Waals surface area (Å²) in [5.74, 6) is -2.34. The SMILES string of the molecule is Cc1cnc([N+](=O)[O-])c(C(F)F)c1CC(=O)O. The van der Waals surface area contributed by atoms with Crippen molar-refractivity contribution in [2.45, 2.75) is 19.8 Å². The molecule has 0 aromatic carbocycles. The molecule has 1 rings (SSSR count). The maximum atomic E-state index is 12.7. The Morgan fingerprint density at radius 2 is 2.24 bits per heavy atom. The van der Waals surface area contributed by atoms with Crippen molar-refractivity contribution >= 4 is 11.8 Å². The van der Waals surface area contributed by atoms with Gasteiger partial charge < -0.3 is 15.2 Å². The summed E-state index contributed by atoms with van der Waals surface area (Å²) in [6.45, 7) is 1.38. The summed E-state index contributed by atoms with van der Waals surface area (Å²) < 4.78 is 25.5. The fourth-order valence-electron chi connectivity index (χ4n) is 1.41. The second kappa shape index (κ2) is 4.81. The molecule has 0 unspecified atom stereocenters. The van der Waals surface area contributed by atoms with Gasteiger partial charge in [0.1, 0.15) is 11.8 Å². The predicted molar refractivity (Wildman–Crippen MR) is 51.9 cm³/mol. The van der Waals surface area contributed by atoms with Gasteiger partial charge in [0.2, 0.25) is 0 Å². The highest BCUT2D eigenvalue weighted by Crippen LogP contribution is 2.32. The molecular weight excluding hydrogens is 238 g/mol. The number of hydrogen-bond acceptors (Lipinski definition) is 4. The van der Waals surface area contributed by atoms with Gasteiger partial charge in [0.25, 0.3) is 6.43 Å². The molecule has 0 bridgehead atoms. The van der Waals surface area contributed by atoms with E-state index in [-0.39, 0.29) is 11.1 Å². The molecule has 0 saturated heterocycles. The monoisotopic (exact) mass is 246 g/mol. The summed E-state index contributed by atoms with van der Waals surface area (Å²) in [5.41, 5.74) is -0.986. The molecule has 1 heterocycles. The minimum atomic E-state index is -3.14. The van der Waals surface area contributed by atoms with Crippen molar-refractivity contribution in [1.82, 2.24) is 4.98 Å². The zero-order valence-corrected chi connectivity index (χ0v) is 8.68. The lowest BCUT2D eigenvalue weighted by Crippen LogP contribution is -2.10. The van der Waals surface area contributed by atoms with Crippen LogP contribution in [-0.2, 0) is 11.2 Å². The normalized spacial score (nSPS) is 10.6. The Bertz CT molecular complexity index is 476. The molecule has 0 aliphatic heterocycles. The topological polar surface area (TPSA) is 93.3 Å². The summed E-state index contributed by atoms with van der Waals surface area (Å²) in [6, 6.07) is 0. The maximum Gasteiger partial charge on any atom is 0.372 e. The molecule has 1 aromatic rings. The number of nitro groups is 1. The maximum absolute atomic E-state index is 12.7. The van der Waals surface area contributed by atoms with E-state index >= 15 is 0 Å². The highest BCUT2D eigenvalue weighted by Gasteiger charge is 2.29. The first-order valence-electron chi connectivity index (χ1n) is 4.47. The number of halogens is 2. The van der Waals surface area contributed by atoms with E-state index in [9.17, 15) is 23.7 Å². The van der Waals surface area contributed by atoms with Crippen LogP contribution in [0.3, 0.4) is 0 Å². The van der Waals surface area contributed by atoms with Crippen molar-refractivity contribution in [1.29, 1.82) is 0 Å². The molecule has 0 saturated carbocycles. The number of carbonyl (C=O) groups is 1. The Labute approximate surface area is 94.1 Å². The molecule has 0 fully saturated rings. The molecule has 0 aliphatic rings. The van der Waals surface area contributed by atoms with Gasteiger partial charge in [0, 0.05) is 0 Å². The molecule has 8 heteroatoms. The zero-order valence-electron chi connectivity index (χ0n) is 8.68. The Balaban J connectivity index is 3.48. The second-order valence-electron chi connectivity index (χ2n) is 3.29. The van der Waals surface area contributed by atoms with Crippen molar-refractivity contribution in [3.05, 3.63) is 33.0 Å². The fraction of sp³-hybridized carbons (Fsp3) is 0.333. The van der Waals surface area contributed by atoms with E-state index in [0.29, 0.717) is 0 Å². The summed E-state index contributed by atoms with van der Waals surface area (Å²) >= 11 is 0. The van der Waals surface area contributed by atoms with Gasteiger partial charge in [-0.05, 0) is 28.0 Å². The first-order valence-corrected chi connectivity index (χ1v) is 4.47. The third kappa shape index (κ3) is 2.71. The molecule has 1 N–H and O–H groups in total. The number of rotatable bonds is 4. The van der Waals surface area contributed by atoms with E-state index < -0.39 is 35.1 Å². The van der Waals surface area contributed by atoms with Gasteiger partial charge >= 0.3 is 11.8 Å². The minimum absolute atomic E-state index is 0.188. The molecular formula is C9H8F2N2O4. The summed E-state index contributed by atoms with van der Waals surface area (Å²) in [4.78, 5) is 23.3. The number of pyridine rings is 1. The van der Waals surface area contributed by atoms with Gasteiger partial charge in [-0.2, -0.15) is 0 Å². The summed E-state index contributed by atoms with van der Waals surface area (Å²) in [5, 5.41) is 19.1. The molecule has 0 atom stereocenters. The van der Waals surface area contributed by atoms with Gasteiger partial charge in [-0.15, -0.1) is 0 Å². The number of hydrogen-bond donors (Lipinski definition) is 1. The standard InChI is InChI=1S/C9H8F2N2O4/c1-4-3-12-9(13(16)17)7(8(10)11)5(4)2-6(14)15/h3,8H,2H2,1H3,(H,14,15). The van der Waals surface area contributed by atoms with Crippen LogP contribution in [0.2, 0.25) is 0 Å². The smallest absolute Gasteiger partial charge is 0.372 e. The number of alkyl halides is 2. The molecule has 0 amide bonds. The lowest BCUT2D eigenvalue weighted by atomic mass is 10.0. The van der Waals surface area contributed by atoms with Crippen LogP contribution < -0.4 is 0 Å². The molecule has 0 spiro atoms. The zero-order chi connectivity index (χ0) is 13.2. The van der Waals surface area contributed by atoms with Crippen molar-refractivity contribution < 1.29 is 23.6 Å². The first kappa shape index (κ1) is 12.9. The molecule has 6 nitrogen and oxygen atoms in total. The average Bonchev–Trinajstić information content (AvgIpc) is 2.19. The van der Waals surface area contributed by atoms with E-state index in [1.807, 2.05) is 0 Å². The summed E-state index contributed by atoms with van der Waals surface area (Å²) in [7, 11) is 0. The number of carboxylic acid groups (broad SMARTS) is 1. The van der Waals surface area contributed by atoms with Crippen LogP contribution in [0.15, 0.2) is 6.20 Å². The summed E-state index contributed by atoms with van der Waals surface area (Å²) in [6.07, 6.45) is -2.82. The van der Waals surface area contributed by atoms with E-state index in [2.05, 4.69) is 4.98 Å². The lowest BCUT2D eigenvalue weighted by molar-refractivity contribution is -0.391. The lowest BCUT2D eigenvalue weighted by Gasteiger charge is -2.09. The first-order chi connectivity index (χ1) is 7.84. The highest BCUT2D eigenvalue weighted by molar-refractivity contribution is 5.72. The molecule has 0 aliphatic carbocycles. The quantitative estimate of drug-likeness (QED) is 0.646. The number of aryl methyl sites for hydroxylation is 1. The fourth-order valence-corrected chi connectivity index (χ4v) is 1.41. The number of aliphatic carboxylic acids is 1. The van der Waals surface area contributed by atoms with Gasteiger partial charge in [-0.25, -0.2) is 8.78 Å². The highest BCUT2D eigenvalue weighted by atomic mass is 19.3. The molecule has 1 aromatic heterocycles. The molecule has 92 valence electrons. The van der Waals surface area contributed by atoms with Gasteiger partial charge in [0.15, 0.2) is 0 Å². The largest absolute Gasteiger partial charge is 0.481 e. The van der Waals surface area contributed by atoms with Gasteiger partial charge in [0.05, 0.1) is 6.42 Å². The molecule has 17 heavy (non-hydrogen) atoms. The van der Waals surface area contributed by atoms with Crippen LogP contribution in [0.5, 0.6) is 0 Å². The third-order valence-corrected chi connectivity index (χ3v) is 2.14.